The van der Waals surface area contributed by atoms with E-state index in [0.29, 0.717) is 12.4 Å². The minimum atomic E-state index is -0.485. The Balaban J connectivity index is 1.83. The summed E-state index contributed by atoms with van der Waals surface area (Å²) in [6.07, 6.45) is 5.19. The lowest BCUT2D eigenvalue weighted by atomic mass is 10.2. The van der Waals surface area contributed by atoms with E-state index in [-0.39, 0.29) is 12.1 Å². The van der Waals surface area contributed by atoms with Crippen molar-refractivity contribution in [2.45, 2.75) is 51.8 Å². The standard InChI is InChI=1S/C16H22IN5O2/c1-16(2,3)24-15(23)22-6-4-5-10(22)7-21-8-11(17)12-13(18)19-9-20-14(12)21/h8-10H,4-7H2,1-3H3,(H2,18,19,20)/t10-/m1/s1. The van der Waals surface area contributed by atoms with Crippen LogP contribution in [0.3, 0.4) is 0 Å². The van der Waals surface area contributed by atoms with Gasteiger partial charge in [0.15, 0.2) is 0 Å². The summed E-state index contributed by atoms with van der Waals surface area (Å²) in [6, 6.07) is 0.0995. The maximum absolute atomic E-state index is 12.4. The number of nitrogens with two attached hydrogens (primary N) is 1. The van der Waals surface area contributed by atoms with E-state index < -0.39 is 5.60 Å². The number of likely N-dealkylation sites (tertiary alicyclic amines) is 1. The van der Waals surface area contributed by atoms with Gasteiger partial charge in [0, 0.05) is 22.9 Å². The SMILES string of the molecule is CC(C)(C)OC(=O)N1CCC[C@@H]1Cn1cc(I)c2c(N)ncnc21. The summed E-state index contributed by atoms with van der Waals surface area (Å²) in [5, 5.41) is 0.875. The molecule has 1 fully saturated rings. The maximum atomic E-state index is 12.4. The van der Waals surface area contributed by atoms with Gasteiger partial charge < -0.3 is 19.9 Å². The first kappa shape index (κ1) is 17.2. The van der Waals surface area contributed by atoms with Crippen LogP contribution in [-0.2, 0) is 11.3 Å². The van der Waals surface area contributed by atoms with Crippen molar-refractivity contribution in [2.24, 2.45) is 0 Å². The number of ether oxygens (including phenoxy) is 1. The number of nitrogen functional groups attached to an aromatic ring is 1. The molecule has 130 valence electrons. The molecule has 0 saturated carbocycles. The van der Waals surface area contributed by atoms with Crippen molar-refractivity contribution in [1.82, 2.24) is 19.4 Å². The third-order valence-corrected chi connectivity index (χ3v) is 4.87. The molecular formula is C16H22IN5O2. The Hall–Kier alpha value is -1.58. The first-order valence-electron chi connectivity index (χ1n) is 8.00. The Bertz CT molecular complexity index is 768. The molecule has 8 heteroatoms. The molecule has 0 aromatic carbocycles. The molecule has 0 bridgehead atoms. The molecule has 0 unspecified atom stereocenters. The van der Waals surface area contributed by atoms with Crippen molar-refractivity contribution in [3.8, 4) is 0 Å². The molecule has 2 N–H and O–H groups in total. The lowest BCUT2D eigenvalue weighted by molar-refractivity contribution is 0.0215. The van der Waals surface area contributed by atoms with Crippen molar-refractivity contribution in [2.75, 3.05) is 12.3 Å². The zero-order chi connectivity index (χ0) is 17.5. The number of carbonyl (C=O) groups is 1. The molecule has 3 heterocycles. The van der Waals surface area contributed by atoms with E-state index in [2.05, 4.69) is 37.1 Å². The van der Waals surface area contributed by atoms with Crippen LogP contribution < -0.4 is 5.73 Å². The van der Waals surface area contributed by atoms with E-state index in [4.69, 9.17) is 10.5 Å². The van der Waals surface area contributed by atoms with Gasteiger partial charge in [0.25, 0.3) is 0 Å². The number of carbonyl (C=O) groups excluding carboxylic acids is 1. The second-order valence-corrected chi connectivity index (χ2v) is 8.22. The largest absolute Gasteiger partial charge is 0.444 e. The van der Waals surface area contributed by atoms with E-state index in [1.165, 1.54) is 6.33 Å². The van der Waals surface area contributed by atoms with Crippen LogP contribution >= 0.6 is 22.6 Å². The van der Waals surface area contributed by atoms with Crippen LogP contribution in [-0.4, -0.2) is 43.7 Å². The number of amides is 1. The molecule has 3 rings (SSSR count). The van der Waals surface area contributed by atoms with Gasteiger partial charge in [-0.3, -0.25) is 0 Å². The summed E-state index contributed by atoms with van der Waals surface area (Å²) in [7, 11) is 0. The lowest BCUT2D eigenvalue weighted by Crippen LogP contribution is -2.41. The number of aromatic nitrogens is 3. The Morgan fingerprint density at radius 2 is 2.21 bits per heavy atom. The molecule has 24 heavy (non-hydrogen) atoms. The highest BCUT2D eigenvalue weighted by Gasteiger charge is 2.32. The van der Waals surface area contributed by atoms with Gasteiger partial charge in [-0.25, -0.2) is 14.8 Å². The first-order chi connectivity index (χ1) is 11.3. The Kier molecular flexibility index (Phi) is 4.58. The topological polar surface area (TPSA) is 86.3 Å². The second kappa shape index (κ2) is 6.38. The van der Waals surface area contributed by atoms with E-state index in [1.54, 1.807) is 0 Å². The van der Waals surface area contributed by atoms with Crippen molar-refractivity contribution in [1.29, 1.82) is 0 Å². The summed E-state index contributed by atoms with van der Waals surface area (Å²) < 4.78 is 8.61. The highest BCUT2D eigenvalue weighted by Crippen LogP contribution is 2.28. The van der Waals surface area contributed by atoms with Gasteiger partial charge in [0.2, 0.25) is 0 Å². The van der Waals surface area contributed by atoms with Crippen LogP contribution in [0.15, 0.2) is 12.5 Å². The Labute approximate surface area is 154 Å². The number of nitrogens with zero attached hydrogens (tertiary/aromatic N) is 4. The second-order valence-electron chi connectivity index (χ2n) is 7.06. The van der Waals surface area contributed by atoms with Crippen molar-refractivity contribution >= 4 is 45.5 Å². The normalized spacial score (nSPS) is 18.3. The van der Waals surface area contributed by atoms with Crippen LogP contribution in [0.2, 0.25) is 0 Å². The molecular weight excluding hydrogens is 421 g/mol. The van der Waals surface area contributed by atoms with Crippen molar-refractivity contribution < 1.29 is 9.53 Å². The molecule has 0 spiro atoms. The molecule has 1 aliphatic rings. The molecule has 0 aliphatic carbocycles. The summed E-state index contributed by atoms with van der Waals surface area (Å²) in [5.41, 5.74) is 6.29. The van der Waals surface area contributed by atoms with E-state index in [1.807, 2.05) is 31.9 Å². The number of hydrogen-bond acceptors (Lipinski definition) is 5. The molecule has 2 aromatic heterocycles. The summed E-state index contributed by atoms with van der Waals surface area (Å²) in [4.78, 5) is 22.7. The first-order valence-corrected chi connectivity index (χ1v) is 9.08. The molecule has 1 aliphatic heterocycles. The average molecular weight is 443 g/mol. The molecule has 2 aromatic rings. The van der Waals surface area contributed by atoms with Crippen molar-refractivity contribution in [3.63, 3.8) is 0 Å². The molecule has 1 amide bonds. The number of halogens is 1. The molecule has 7 nitrogen and oxygen atoms in total. The van der Waals surface area contributed by atoms with E-state index >= 15 is 0 Å². The fourth-order valence-corrected chi connectivity index (χ4v) is 3.91. The third-order valence-electron chi connectivity index (χ3n) is 4.05. The Morgan fingerprint density at radius 1 is 1.46 bits per heavy atom. The van der Waals surface area contributed by atoms with E-state index in [0.717, 1.165) is 34.0 Å². The van der Waals surface area contributed by atoms with Gasteiger partial charge >= 0.3 is 6.09 Å². The zero-order valence-electron chi connectivity index (χ0n) is 14.1. The minimum Gasteiger partial charge on any atom is -0.444 e. The average Bonchev–Trinajstić information content (AvgIpc) is 3.04. The minimum absolute atomic E-state index is 0.0995. The predicted molar refractivity (Wildman–Crippen MR) is 101 cm³/mol. The van der Waals surface area contributed by atoms with Crippen LogP contribution in [0.1, 0.15) is 33.6 Å². The van der Waals surface area contributed by atoms with Crippen molar-refractivity contribution in [3.05, 3.63) is 16.1 Å². The number of rotatable bonds is 2. The van der Waals surface area contributed by atoms with Gasteiger partial charge in [0.05, 0.1) is 11.4 Å². The van der Waals surface area contributed by atoms with Gasteiger partial charge in [-0.05, 0) is 56.2 Å². The number of fused-ring (bicyclic) bond motifs is 1. The molecule has 1 saturated heterocycles. The van der Waals surface area contributed by atoms with Gasteiger partial charge in [-0.2, -0.15) is 0 Å². The number of anilines is 1. The molecule has 0 radical (unpaired) electrons. The molecule has 1 atom stereocenters. The third kappa shape index (κ3) is 3.42. The maximum Gasteiger partial charge on any atom is 0.410 e. The monoisotopic (exact) mass is 443 g/mol. The zero-order valence-corrected chi connectivity index (χ0v) is 16.3. The Morgan fingerprint density at radius 3 is 2.92 bits per heavy atom. The highest BCUT2D eigenvalue weighted by molar-refractivity contribution is 14.1. The number of hydrogen-bond donors (Lipinski definition) is 1. The summed E-state index contributed by atoms with van der Waals surface area (Å²) in [5.74, 6) is 0.485. The van der Waals surface area contributed by atoms with Gasteiger partial charge in [-0.15, -0.1) is 0 Å². The summed E-state index contributed by atoms with van der Waals surface area (Å²) >= 11 is 2.24. The summed E-state index contributed by atoms with van der Waals surface area (Å²) in [6.45, 7) is 7.06. The van der Waals surface area contributed by atoms with Crippen LogP contribution in [0.5, 0.6) is 0 Å². The van der Waals surface area contributed by atoms with Crippen LogP contribution in [0.4, 0.5) is 10.6 Å². The predicted octanol–water partition coefficient (Wildman–Crippen LogP) is 3.02. The smallest absolute Gasteiger partial charge is 0.410 e. The van der Waals surface area contributed by atoms with Gasteiger partial charge in [0.1, 0.15) is 23.4 Å². The highest BCUT2D eigenvalue weighted by atomic mass is 127. The fraction of sp³-hybridized carbons (Fsp3) is 0.562. The lowest BCUT2D eigenvalue weighted by Gasteiger charge is -2.28. The van der Waals surface area contributed by atoms with E-state index in [9.17, 15) is 4.79 Å². The fourth-order valence-electron chi connectivity index (χ4n) is 3.05. The van der Waals surface area contributed by atoms with Crippen LogP contribution in [0, 0.1) is 3.57 Å². The van der Waals surface area contributed by atoms with Crippen LogP contribution in [0.25, 0.3) is 11.0 Å². The van der Waals surface area contributed by atoms with Gasteiger partial charge in [-0.1, -0.05) is 0 Å². The quantitative estimate of drug-likeness (QED) is 0.722.